The van der Waals surface area contributed by atoms with Gasteiger partial charge in [0.15, 0.2) is 0 Å². The van der Waals surface area contributed by atoms with Crippen LogP contribution in [0, 0.1) is 46.3 Å². The zero-order valence-electron chi connectivity index (χ0n) is 19.4. The van der Waals surface area contributed by atoms with Gasteiger partial charge in [-0.25, -0.2) is 0 Å². The summed E-state index contributed by atoms with van der Waals surface area (Å²) in [7, 11) is 0. The van der Waals surface area contributed by atoms with Crippen molar-refractivity contribution >= 4 is 12.8 Å². The van der Waals surface area contributed by atoms with Gasteiger partial charge >= 0.3 is 5.97 Å². The van der Waals surface area contributed by atoms with Crippen LogP contribution in [0.1, 0.15) is 78.6 Å². The number of hydrogen-bond acceptors (Lipinski definition) is 5. The van der Waals surface area contributed by atoms with Crippen LogP contribution in [0.3, 0.4) is 0 Å². The Morgan fingerprint density at radius 2 is 1.71 bits per heavy atom. The molecule has 0 heterocycles. The summed E-state index contributed by atoms with van der Waals surface area (Å²) in [4.78, 5) is 19.1. The molecule has 4 aliphatic rings. The van der Waals surface area contributed by atoms with Crippen molar-refractivity contribution in [3.05, 3.63) is 0 Å². The van der Waals surface area contributed by atoms with Gasteiger partial charge < -0.3 is 25.2 Å². The van der Waals surface area contributed by atoms with Crippen LogP contribution in [-0.4, -0.2) is 51.5 Å². The van der Waals surface area contributed by atoms with Crippen LogP contribution in [0.25, 0.3) is 0 Å². The molecule has 0 aromatic carbocycles. The normalized spacial score (nSPS) is 49.6. The topological polar surface area (TPSA) is 115 Å². The van der Waals surface area contributed by atoms with Crippen molar-refractivity contribution in [2.24, 2.45) is 46.3 Å². The number of rotatable bonds is 4. The Hall–Kier alpha value is -0.980. The lowest BCUT2D eigenvalue weighted by molar-refractivity contribution is -0.207. The maximum Gasteiger partial charge on any atom is 0.303 e. The summed E-state index contributed by atoms with van der Waals surface area (Å²) in [6.45, 7) is 8.72. The first kappa shape index (κ1) is 24.7. The fraction of sp³-hybridized carbons (Fsp3) is 0.920. The van der Waals surface area contributed by atoms with Crippen LogP contribution in [-0.2, 0) is 9.59 Å². The molecule has 4 fully saturated rings. The minimum absolute atomic E-state index is 0.0957. The molecule has 4 saturated carbocycles. The summed E-state index contributed by atoms with van der Waals surface area (Å²) in [6, 6.07) is 0. The maximum atomic E-state index is 11.5. The van der Waals surface area contributed by atoms with E-state index in [4.69, 9.17) is 9.90 Å². The second kappa shape index (κ2) is 9.11. The molecule has 6 heteroatoms. The number of fused-ring (bicyclic) bond motifs is 5. The van der Waals surface area contributed by atoms with E-state index in [0.29, 0.717) is 30.1 Å². The second-order valence-electron chi connectivity index (χ2n) is 11.4. The van der Waals surface area contributed by atoms with Gasteiger partial charge in [-0.3, -0.25) is 4.79 Å². The highest BCUT2D eigenvalue weighted by Crippen LogP contribution is 2.68. The molecule has 0 spiro atoms. The summed E-state index contributed by atoms with van der Waals surface area (Å²) in [5, 5.41) is 42.0. The molecule has 11 atom stereocenters. The zero-order chi connectivity index (χ0) is 23.1. The van der Waals surface area contributed by atoms with E-state index in [9.17, 15) is 20.1 Å². The predicted octanol–water partition coefficient (Wildman–Crippen LogP) is 3.26. The van der Waals surface area contributed by atoms with Crippen molar-refractivity contribution in [2.75, 3.05) is 0 Å². The van der Waals surface area contributed by atoms with Crippen LogP contribution in [0.2, 0.25) is 0 Å². The van der Waals surface area contributed by atoms with Crippen LogP contribution in [0.15, 0.2) is 0 Å². The van der Waals surface area contributed by atoms with Gasteiger partial charge in [0, 0.05) is 6.42 Å². The van der Waals surface area contributed by atoms with E-state index in [2.05, 4.69) is 20.8 Å². The monoisotopic (exact) mass is 438 g/mol. The summed E-state index contributed by atoms with van der Waals surface area (Å²) < 4.78 is 0. The standard InChI is InChI=1S/C24H40O5.CH2O/c1-13(4-7-21(28)29)16-5-6-17-22-18(12-20(27)24(16,17)3)23(2)9-8-15(25)10-14(23)11-19(22)26;1-2/h13-20,22,25-27H,4-12H2,1-3H3,(H,28,29);1H2/t13-,14+,15-,16-,17+,18+,19-,20+,22+,23+,24-;/m1./s1. The number of carboxylic acid groups (broad SMARTS) is 1. The Kier molecular flexibility index (Phi) is 7.24. The molecule has 0 aromatic rings. The fourth-order valence-electron chi connectivity index (χ4n) is 8.68. The van der Waals surface area contributed by atoms with Gasteiger partial charge in [0.25, 0.3) is 0 Å². The molecular weight excluding hydrogens is 396 g/mol. The van der Waals surface area contributed by atoms with Crippen molar-refractivity contribution < 1.29 is 30.0 Å². The number of carbonyl (C=O) groups excluding carboxylic acids is 1. The van der Waals surface area contributed by atoms with Gasteiger partial charge in [0.1, 0.15) is 6.79 Å². The molecule has 178 valence electrons. The van der Waals surface area contributed by atoms with Crippen molar-refractivity contribution in [2.45, 2.75) is 96.9 Å². The van der Waals surface area contributed by atoms with E-state index >= 15 is 0 Å². The van der Waals surface area contributed by atoms with Crippen molar-refractivity contribution in [3.8, 4) is 0 Å². The Balaban J connectivity index is 0.00000132. The number of carbonyl (C=O) groups is 2. The Labute approximate surface area is 186 Å². The van der Waals surface area contributed by atoms with Gasteiger partial charge in [0.2, 0.25) is 0 Å². The fourth-order valence-corrected chi connectivity index (χ4v) is 8.68. The van der Waals surface area contributed by atoms with E-state index < -0.39 is 12.1 Å². The van der Waals surface area contributed by atoms with Gasteiger partial charge in [0.05, 0.1) is 18.3 Å². The minimum Gasteiger partial charge on any atom is -0.481 e. The third-order valence-corrected chi connectivity index (χ3v) is 10.3. The van der Waals surface area contributed by atoms with E-state index in [0.717, 1.165) is 44.9 Å². The molecule has 4 aliphatic carbocycles. The average Bonchev–Trinajstić information content (AvgIpc) is 3.08. The Morgan fingerprint density at radius 1 is 1.03 bits per heavy atom. The second-order valence-corrected chi connectivity index (χ2v) is 11.4. The number of aliphatic hydroxyl groups is 3. The molecule has 0 unspecified atom stereocenters. The smallest absolute Gasteiger partial charge is 0.303 e. The highest BCUT2D eigenvalue weighted by Gasteiger charge is 2.65. The average molecular weight is 439 g/mol. The van der Waals surface area contributed by atoms with E-state index in [-0.39, 0.29) is 41.3 Å². The predicted molar refractivity (Wildman–Crippen MR) is 117 cm³/mol. The molecule has 0 saturated heterocycles. The lowest BCUT2D eigenvalue weighted by atomic mass is 9.43. The molecule has 0 aliphatic heterocycles. The number of hydrogen-bond donors (Lipinski definition) is 4. The number of aliphatic hydroxyl groups excluding tert-OH is 3. The van der Waals surface area contributed by atoms with Gasteiger partial charge in [-0.1, -0.05) is 20.8 Å². The van der Waals surface area contributed by atoms with E-state index in [1.807, 2.05) is 6.79 Å². The summed E-state index contributed by atoms with van der Waals surface area (Å²) in [5.74, 6) is 0.997. The summed E-state index contributed by atoms with van der Waals surface area (Å²) >= 11 is 0. The summed E-state index contributed by atoms with van der Waals surface area (Å²) in [5.41, 5.74) is -0.143. The first-order chi connectivity index (χ1) is 14.6. The Bertz CT molecular complexity index is 654. The van der Waals surface area contributed by atoms with Gasteiger partial charge in [-0.2, -0.15) is 0 Å². The molecular formula is C25H42O6. The van der Waals surface area contributed by atoms with Crippen LogP contribution < -0.4 is 0 Å². The zero-order valence-corrected chi connectivity index (χ0v) is 19.4. The molecule has 4 N–H and O–H groups in total. The van der Waals surface area contributed by atoms with Crippen molar-refractivity contribution in [1.29, 1.82) is 0 Å². The third kappa shape index (κ3) is 3.97. The van der Waals surface area contributed by atoms with Gasteiger partial charge in [-0.05, 0) is 97.7 Å². The molecule has 0 radical (unpaired) electrons. The molecule has 0 bridgehead atoms. The highest BCUT2D eigenvalue weighted by molar-refractivity contribution is 5.66. The van der Waals surface area contributed by atoms with E-state index in [1.54, 1.807) is 0 Å². The minimum atomic E-state index is -0.748. The largest absolute Gasteiger partial charge is 0.481 e. The SMILES string of the molecule is C=O.C[C@H](CCC(=O)O)[C@H]1CC[C@H]2[C@@H]3[C@H](O)C[C@@H]4C[C@H](O)CC[C@]4(C)[C@H]3C[C@H](O)[C@]12C. The van der Waals surface area contributed by atoms with Crippen LogP contribution in [0.4, 0.5) is 0 Å². The van der Waals surface area contributed by atoms with Crippen molar-refractivity contribution in [1.82, 2.24) is 0 Å². The molecule has 4 rings (SSSR count). The lowest BCUT2D eigenvalue weighted by Gasteiger charge is -2.63. The number of carboxylic acids is 1. The summed E-state index contributed by atoms with van der Waals surface area (Å²) in [6.07, 6.45) is 6.00. The Morgan fingerprint density at radius 3 is 2.35 bits per heavy atom. The van der Waals surface area contributed by atoms with Crippen molar-refractivity contribution in [3.63, 3.8) is 0 Å². The quantitative estimate of drug-likeness (QED) is 0.536. The van der Waals surface area contributed by atoms with Crippen LogP contribution in [0.5, 0.6) is 0 Å². The first-order valence-electron chi connectivity index (χ1n) is 12.1. The van der Waals surface area contributed by atoms with Gasteiger partial charge in [-0.15, -0.1) is 0 Å². The number of aliphatic carboxylic acids is 1. The highest BCUT2D eigenvalue weighted by atomic mass is 16.4. The molecule has 0 amide bonds. The third-order valence-electron chi connectivity index (χ3n) is 10.3. The molecule has 31 heavy (non-hydrogen) atoms. The first-order valence-corrected chi connectivity index (χ1v) is 12.1. The van der Waals surface area contributed by atoms with Crippen LogP contribution >= 0.6 is 0 Å². The lowest BCUT2D eigenvalue weighted by Crippen LogP contribution is -2.62. The molecule has 6 nitrogen and oxygen atoms in total. The maximum absolute atomic E-state index is 11.5. The molecule has 0 aromatic heterocycles. The van der Waals surface area contributed by atoms with E-state index in [1.165, 1.54) is 0 Å².